The maximum atomic E-state index is 13.8. The summed E-state index contributed by atoms with van der Waals surface area (Å²) >= 11 is 0. The fourth-order valence-corrected chi connectivity index (χ4v) is 4.53. The molecule has 0 N–H and O–H groups in total. The van der Waals surface area contributed by atoms with Crippen LogP contribution in [0.3, 0.4) is 0 Å². The van der Waals surface area contributed by atoms with Crippen LogP contribution < -0.4 is 0 Å². The van der Waals surface area contributed by atoms with Gasteiger partial charge >= 0.3 is 6.18 Å². The maximum Gasteiger partial charge on any atom is 0.417 e. The van der Waals surface area contributed by atoms with Gasteiger partial charge in [-0.25, -0.2) is 14.1 Å². The lowest BCUT2D eigenvalue weighted by atomic mass is 10.1. The molecule has 3 aromatic rings. The second kappa shape index (κ2) is 8.65. The van der Waals surface area contributed by atoms with Crippen LogP contribution in [0.2, 0.25) is 0 Å². The summed E-state index contributed by atoms with van der Waals surface area (Å²) in [6, 6.07) is 7.49. The fraction of sp³-hybridized carbons (Fsp3) is 0.458. The molecule has 2 aliphatic rings. The van der Waals surface area contributed by atoms with Gasteiger partial charge in [-0.2, -0.15) is 18.3 Å². The Kier molecular flexibility index (Phi) is 5.79. The first-order valence-electron chi connectivity index (χ1n) is 11.4. The van der Waals surface area contributed by atoms with Gasteiger partial charge in [0.05, 0.1) is 16.6 Å². The largest absolute Gasteiger partial charge is 0.417 e. The van der Waals surface area contributed by atoms with E-state index in [2.05, 4.69) is 15.0 Å². The number of aromatic nitrogens is 3. The zero-order valence-corrected chi connectivity index (χ0v) is 18.8. The minimum atomic E-state index is -4.52. The molecule has 34 heavy (non-hydrogen) atoms. The molecule has 3 heterocycles. The molecule has 0 spiro atoms. The summed E-state index contributed by atoms with van der Waals surface area (Å²) in [5.41, 5.74) is 1.03. The number of halogens is 4. The number of carbonyl (C=O) groups is 1. The first kappa shape index (κ1) is 22.8. The van der Waals surface area contributed by atoms with Crippen LogP contribution in [0.5, 0.6) is 0 Å². The Morgan fingerprint density at radius 2 is 1.76 bits per heavy atom. The van der Waals surface area contributed by atoms with E-state index in [-0.39, 0.29) is 40.9 Å². The van der Waals surface area contributed by atoms with Gasteiger partial charge in [-0.15, -0.1) is 0 Å². The zero-order valence-electron chi connectivity index (χ0n) is 18.8. The molecule has 10 heteroatoms. The summed E-state index contributed by atoms with van der Waals surface area (Å²) in [4.78, 5) is 21.4. The molecule has 2 aromatic heterocycles. The summed E-state index contributed by atoms with van der Waals surface area (Å²) in [7, 11) is 0. The first-order chi connectivity index (χ1) is 16.2. The third kappa shape index (κ3) is 4.64. The number of pyridine rings is 1. The fourth-order valence-electron chi connectivity index (χ4n) is 4.53. The molecule has 1 aromatic carbocycles. The van der Waals surface area contributed by atoms with Gasteiger partial charge in [-0.05, 0) is 43.5 Å². The third-order valence-corrected chi connectivity index (χ3v) is 6.53. The average Bonchev–Trinajstić information content (AvgIpc) is 3.60. The van der Waals surface area contributed by atoms with Gasteiger partial charge in [0.2, 0.25) is 5.91 Å². The van der Waals surface area contributed by atoms with Gasteiger partial charge in [0.25, 0.3) is 0 Å². The van der Waals surface area contributed by atoms with Crippen molar-refractivity contribution >= 4 is 16.9 Å². The smallest absolute Gasteiger partial charge is 0.339 e. The molecule has 0 radical (unpaired) electrons. The Labute approximate surface area is 194 Å². The molecule has 0 unspecified atom stereocenters. The molecule has 180 valence electrons. The van der Waals surface area contributed by atoms with E-state index in [1.54, 1.807) is 17.0 Å². The topological polar surface area (TPSA) is 54.3 Å². The van der Waals surface area contributed by atoms with Crippen molar-refractivity contribution in [1.29, 1.82) is 0 Å². The van der Waals surface area contributed by atoms with E-state index in [0.29, 0.717) is 38.4 Å². The van der Waals surface area contributed by atoms with Gasteiger partial charge in [-0.1, -0.05) is 12.1 Å². The number of rotatable bonds is 5. The summed E-state index contributed by atoms with van der Waals surface area (Å²) in [6.07, 6.45) is -2.87. The number of carbonyl (C=O) groups excluding carboxylic acids is 1. The van der Waals surface area contributed by atoms with Gasteiger partial charge < -0.3 is 4.90 Å². The number of aryl methyl sites for hydroxylation is 1. The summed E-state index contributed by atoms with van der Waals surface area (Å²) in [5.74, 6) is -0.432. The van der Waals surface area contributed by atoms with Gasteiger partial charge in [0.1, 0.15) is 12.4 Å². The monoisotopic (exact) mass is 475 g/mol. The van der Waals surface area contributed by atoms with E-state index in [0.717, 1.165) is 24.5 Å². The maximum absolute atomic E-state index is 13.8. The van der Waals surface area contributed by atoms with Crippen LogP contribution in [0.4, 0.5) is 17.6 Å². The lowest BCUT2D eigenvalue weighted by Gasteiger charge is -2.34. The van der Waals surface area contributed by atoms with Crippen LogP contribution in [0, 0.1) is 12.7 Å². The highest BCUT2D eigenvalue weighted by Gasteiger charge is 2.38. The second-order valence-electron chi connectivity index (χ2n) is 9.09. The molecule has 1 amide bonds. The Bertz CT molecular complexity index is 1210. The SMILES string of the molecule is Cc1nn(CC(=O)N2CCN(Cc3ccc(F)cc3)CC2)c2nc(C3CC3)cc(C(F)(F)F)c12. The Morgan fingerprint density at radius 1 is 1.09 bits per heavy atom. The van der Waals surface area contributed by atoms with Gasteiger partial charge in [0.15, 0.2) is 5.65 Å². The lowest BCUT2D eigenvalue weighted by Crippen LogP contribution is -2.49. The number of amides is 1. The summed E-state index contributed by atoms with van der Waals surface area (Å²) in [6.45, 7) is 4.36. The minimum Gasteiger partial charge on any atom is -0.339 e. The third-order valence-electron chi connectivity index (χ3n) is 6.53. The molecule has 1 saturated carbocycles. The number of nitrogens with zero attached hydrogens (tertiary/aromatic N) is 5. The van der Waals surface area contributed by atoms with Crippen LogP contribution >= 0.6 is 0 Å². The number of hydrogen-bond donors (Lipinski definition) is 0. The van der Waals surface area contributed by atoms with Gasteiger partial charge in [-0.3, -0.25) is 9.69 Å². The zero-order chi connectivity index (χ0) is 24.0. The molecular weight excluding hydrogens is 450 g/mol. The molecule has 6 nitrogen and oxygen atoms in total. The van der Waals surface area contributed by atoms with Crippen LogP contribution in [0.15, 0.2) is 30.3 Å². The van der Waals surface area contributed by atoms with Crippen LogP contribution in [0.1, 0.15) is 41.3 Å². The van der Waals surface area contributed by atoms with E-state index in [4.69, 9.17) is 0 Å². The number of benzene rings is 1. The quantitative estimate of drug-likeness (QED) is 0.521. The highest BCUT2D eigenvalue weighted by atomic mass is 19.4. The molecule has 0 atom stereocenters. The number of piperazine rings is 1. The molecule has 1 aliphatic carbocycles. The molecule has 5 rings (SSSR count). The molecule has 2 fully saturated rings. The van der Waals surface area contributed by atoms with E-state index in [1.165, 1.54) is 23.7 Å². The average molecular weight is 475 g/mol. The first-order valence-corrected chi connectivity index (χ1v) is 11.4. The van der Waals surface area contributed by atoms with Crippen molar-refractivity contribution in [2.24, 2.45) is 0 Å². The van der Waals surface area contributed by atoms with Crippen molar-refractivity contribution in [2.45, 2.75) is 44.9 Å². The minimum absolute atomic E-state index is 0.0335. The molecular formula is C24H25F4N5O. The van der Waals surface area contributed by atoms with Crippen molar-refractivity contribution < 1.29 is 22.4 Å². The van der Waals surface area contributed by atoms with Crippen molar-refractivity contribution in [3.63, 3.8) is 0 Å². The van der Waals surface area contributed by atoms with E-state index >= 15 is 0 Å². The normalized spacial score (nSPS) is 17.5. The highest BCUT2D eigenvalue weighted by molar-refractivity contribution is 5.85. The van der Waals surface area contributed by atoms with Crippen molar-refractivity contribution in [1.82, 2.24) is 24.6 Å². The van der Waals surface area contributed by atoms with Crippen LogP contribution in [0.25, 0.3) is 11.0 Å². The van der Waals surface area contributed by atoms with E-state index in [1.807, 2.05) is 0 Å². The lowest BCUT2D eigenvalue weighted by molar-refractivity contribution is -0.136. The Morgan fingerprint density at radius 3 is 2.38 bits per heavy atom. The predicted octanol–water partition coefficient (Wildman–Crippen LogP) is 4.12. The Balaban J connectivity index is 1.30. The van der Waals surface area contributed by atoms with E-state index < -0.39 is 11.7 Å². The second-order valence-corrected chi connectivity index (χ2v) is 9.09. The predicted molar refractivity (Wildman–Crippen MR) is 117 cm³/mol. The van der Waals surface area contributed by atoms with Crippen molar-refractivity contribution in [3.05, 3.63) is 58.7 Å². The molecule has 0 bridgehead atoms. The number of hydrogen-bond acceptors (Lipinski definition) is 4. The standard InChI is InChI=1S/C24H25F4N5O/c1-15-22-19(24(26,27)28)12-20(17-4-5-17)29-23(22)33(30-15)14-21(34)32-10-8-31(9-11-32)13-16-2-6-18(25)7-3-16/h2-3,6-7,12,17H,4-5,8-11,13-14H2,1H3. The summed E-state index contributed by atoms with van der Waals surface area (Å²) in [5, 5.41) is 4.23. The van der Waals surface area contributed by atoms with E-state index in [9.17, 15) is 22.4 Å². The van der Waals surface area contributed by atoms with Crippen LogP contribution in [-0.4, -0.2) is 56.7 Å². The number of fused-ring (bicyclic) bond motifs is 1. The van der Waals surface area contributed by atoms with Crippen LogP contribution in [-0.2, 0) is 24.1 Å². The highest BCUT2D eigenvalue weighted by Crippen LogP contribution is 2.43. The Hall–Kier alpha value is -3.01. The van der Waals surface area contributed by atoms with Gasteiger partial charge in [0, 0.05) is 44.3 Å². The molecule has 1 saturated heterocycles. The van der Waals surface area contributed by atoms with Crippen molar-refractivity contribution in [2.75, 3.05) is 26.2 Å². The van der Waals surface area contributed by atoms with Crippen molar-refractivity contribution in [3.8, 4) is 0 Å². The molecule has 1 aliphatic heterocycles. The number of alkyl halides is 3. The summed E-state index contributed by atoms with van der Waals surface area (Å²) < 4.78 is 55.7.